The van der Waals surface area contributed by atoms with Gasteiger partial charge in [0.1, 0.15) is 11.5 Å². The molecular weight excluding hydrogens is 340 g/mol. The molecule has 4 rings (SSSR count). The van der Waals surface area contributed by atoms with Crippen molar-refractivity contribution in [3.63, 3.8) is 0 Å². The summed E-state index contributed by atoms with van der Waals surface area (Å²) in [6.45, 7) is 0. The van der Waals surface area contributed by atoms with Crippen molar-refractivity contribution in [3.05, 3.63) is 59.2 Å². The van der Waals surface area contributed by atoms with E-state index in [9.17, 15) is 15.0 Å². The first-order valence-corrected chi connectivity index (χ1v) is 9.64. The van der Waals surface area contributed by atoms with Crippen molar-refractivity contribution < 1.29 is 15.0 Å². The molecule has 0 spiro atoms. The molecule has 0 aliphatic heterocycles. The molecule has 5 nitrogen and oxygen atoms in total. The second-order valence-corrected chi connectivity index (χ2v) is 7.99. The SMILES string of the molecule is NNC(=O)C1CCCC2(Cc3ccc(O)cc3)c3ccc(O)cc3CCC12. The first-order valence-electron chi connectivity index (χ1n) is 9.64. The lowest BCUT2D eigenvalue weighted by Crippen LogP contribution is -2.52. The van der Waals surface area contributed by atoms with Gasteiger partial charge in [-0.25, -0.2) is 5.84 Å². The second kappa shape index (κ2) is 6.89. The number of hydrazine groups is 1. The summed E-state index contributed by atoms with van der Waals surface area (Å²) >= 11 is 0. The quantitative estimate of drug-likeness (QED) is 0.382. The number of phenols is 2. The van der Waals surface area contributed by atoms with E-state index in [0.717, 1.165) is 44.1 Å². The monoisotopic (exact) mass is 366 g/mol. The highest BCUT2D eigenvalue weighted by molar-refractivity contribution is 5.79. The number of fused-ring (bicyclic) bond motifs is 3. The van der Waals surface area contributed by atoms with Gasteiger partial charge in [0.05, 0.1) is 0 Å². The van der Waals surface area contributed by atoms with Gasteiger partial charge in [0.25, 0.3) is 0 Å². The number of hydrogen-bond acceptors (Lipinski definition) is 4. The molecule has 1 fully saturated rings. The molecule has 3 unspecified atom stereocenters. The van der Waals surface area contributed by atoms with Gasteiger partial charge in [0.15, 0.2) is 0 Å². The van der Waals surface area contributed by atoms with E-state index in [1.54, 1.807) is 18.2 Å². The predicted molar refractivity (Wildman–Crippen MR) is 103 cm³/mol. The molecule has 2 aromatic carbocycles. The largest absolute Gasteiger partial charge is 0.508 e. The van der Waals surface area contributed by atoms with Crippen LogP contribution < -0.4 is 11.3 Å². The molecular formula is C22H26N2O3. The van der Waals surface area contributed by atoms with Crippen LogP contribution in [-0.2, 0) is 23.1 Å². The fraction of sp³-hybridized carbons (Fsp3) is 0.409. The summed E-state index contributed by atoms with van der Waals surface area (Å²) in [6.07, 6.45) is 5.41. The summed E-state index contributed by atoms with van der Waals surface area (Å²) in [5, 5.41) is 19.6. The highest BCUT2D eigenvalue weighted by Crippen LogP contribution is 2.54. The maximum atomic E-state index is 12.5. The Labute approximate surface area is 159 Å². The molecule has 0 aromatic heterocycles. The number of nitrogens with one attached hydrogen (secondary N) is 1. The number of benzene rings is 2. The van der Waals surface area contributed by atoms with Crippen LogP contribution in [0, 0.1) is 11.8 Å². The normalized spacial score (nSPS) is 26.7. The van der Waals surface area contributed by atoms with Crippen LogP contribution >= 0.6 is 0 Å². The molecule has 2 aromatic rings. The molecule has 142 valence electrons. The molecule has 27 heavy (non-hydrogen) atoms. The van der Waals surface area contributed by atoms with Crippen LogP contribution in [-0.4, -0.2) is 16.1 Å². The lowest BCUT2D eigenvalue weighted by molar-refractivity contribution is -0.130. The Morgan fingerprint density at radius 3 is 2.59 bits per heavy atom. The highest BCUT2D eigenvalue weighted by Gasteiger charge is 2.51. The van der Waals surface area contributed by atoms with Crippen molar-refractivity contribution >= 4 is 5.91 Å². The maximum absolute atomic E-state index is 12.5. The van der Waals surface area contributed by atoms with E-state index in [0.29, 0.717) is 5.75 Å². The summed E-state index contributed by atoms with van der Waals surface area (Å²) in [5.74, 6) is 6.08. The van der Waals surface area contributed by atoms with Crippen LogP contribution in [0.15, 0.2) is 42.5 Å². The van der Waals surface area contributed by atoms with Crippen LogP contribution in [0.5, 0.6) is 11.5 Å². The third kappa shape index (κ3) is 3.06. The summed E-state index contributed by atoms with van der Waals surface area (Å²) in [7, 11) is 0. The molecule has 2 aliphatic rings. The molecule has 3 atom stereocenters. The van der Waals surface area contributed by atoms with E-state index >= 15 is 0 Å². The number of nitrogens with two attached hydrogens (primary N) is 1. The van der Waals surface area contributed by atoms with Gasteiger partial charge in [-0.15, -0.1) is 0 Å². The van der Waals surface area contributed by atoms with Gasteiger partial charge in [-0.2, -0.15) is 0 Å². The Balaban J connectivity index is 1.82. The van der Waals surface area contributed by atoms with Crippen molar-refractivity contribution in [2.75, 3.05) is 0 Å². The zero-order chi connectivity index (χ0) is 19.0. The Hall–Kier alpha value is -2.53. The number of carbonyl (C=O) groups is 1. The van der Waals surface area contributed by atoms with E-state index in [1.807, 2.05) is 24.3 Å². The Morgan fingerprint density at radius 2 is 1.85 bits per heavy atom. The van der Waals surface area contributed by atoms with E-state index in [4.69, 9.17) is 5.84 Å². The smallest absolute Gasteiger partial charge is 0.237 e. The minimum Gasteiger partial charge on any atom is -0.508 e. The zero-order valence-electron chi connectivity index (χ0n) is 15.3. The Kier molecular flexibility index (Phi) is 4.56. The van der Waals surface area contributed by atoms with Gasteiger partial charge in [0.2, 0.25) is 5.91 Å². The number of aromatic hydroxyl groups is 2. The molecule has 1 saturated carbocycles. The average Bonchev–Trinajstić information content (AvgIpc) is 2.68. The van der Waals surface area contributed by atoms with Crippen LogP contribution in [0.25, 0.3) is 0 Å². The maximum Gasteiger partial charge on any atom is 0.237 e. The van der Waals surface area contributed by atoms with Crippen molar-refractivity contribution in [3.8, 4) is 11.5 Å². The van der Waals surface area contributed by atoms with E-state index < -0.39 is 0 Å². The van der Waals surface area contributed by atoms with Gasteiger partial charge in [0, 0.05) is 11.3 Å². The van der Waals surface area contributed by atoms with Gasteiger partial charge in [-0.1, -0.05) is 24.6 Å². The van der Waals surface area contributed by atoms with Crippen molar-refractivity contribution in [1.82, 2.24) is 5.43 Å². The topological polar surface area (TPSA) is 95.6 Å². The molecule has 5 N–H and O–H groups in total. The highest BCUT2D eigenvalue weighted by atomic mass is 16.3. The first kappa shape index (κ1) is 17.9. The summed E-state index contributed by atoms with van der Waals surface area (Å²) in [4.78, 5) is 12.5. The first-order chi connectivity index (χ1) is 13.0. The number of carbonyl (C=O) groups excluding carboxylic acids is 1. The third-order valence-electron chi connectivity index (χ3n) is 6.62. The molecule has 0 bridgehead atoms. The minimum absolute atomic E-state index is 0.0722. The fourth-order valence-electron chi connectivity index (χ4n) is 5.52. The predicted octanol–water partition coefficient (Wildman–Crippen LogP) is 2.93. The van der Waals surface area contributed by atoms with Crippen molar-refractivity contribution in [2.24, 2.45) is 17.7 Å². The number of phenolic OH excluding ortho intramolecular Hbond substituents is 2. The number of aryl methyl sites for hydroxylation is 1. The Bertz CT molecular complexity index is 849. The van der Waals surface area contributed by atoms with Gasteiger partial charge < -0.3 is 10.2 Å². The molecule has 1 amide bonds. The van der Waals surface area contributed by atoms with E-state index in [1.165, 1.54) is 11.1 Å². The standard InChI is InChI=1S/C22H26N2O3/c23-24-21(27)18-2-1-11-22(13-14-3-6-16(25)7-4-14)19-10-8-17(26)12-15(19)5-9-20(18)22/h3-4,6-8,10,12,18,20,25-26H,1-2,5,9,11,13,23H2,(H,24,27). The molecule has 0 radical (unpaired) electrons. The van der Waals surface area contributed by atoms with Crippen molar-refractivity contribution in [1.29, 1.82) is 0 Å². The second-order valence-electron chi connectivity index (χ2n) is 7.99. The van der Waals surface area contributed by atoms with Crippen LogP contribution in [0.2, 0.25) is 0 Å². The van der Waals surface area contributed by atoms with Gasteiger partial charge in [-0.05, 0) is 79.0 Å². The van der Waals surface area contributed by atoms with Crippen LogP contribution in [0.1, 0.15) is 42.4 Å². The molecule has 0 heterocycles. The lowest BCUT2D eigenvalue weighted by Gasteiger charge is -2.52. The van der Waals surface area contributed by atoms with Crippen LogP contribution in [0.3, 0.4) is 0 Å². The Morgan fingerprint density at radius 1 is 1.11 bits per heavy atom. The number of hydrogen-bond donors (Lipinski definition) is 4. The molecule has 2 aliphatic carbocycles. The summed E-state index contributed by atoms with van der Waals surface area (Å²) in [5.41, 5.74) is 5.79. The zero-order valence-corrected chi connectivity index (χ0v) is 15.3. The minimum atomic E-state index is -0.159. The number of amides is 1. The van der Waals surface area contributed by atoms with Gasteiger partial charge in [-0.3, -0.25) is 10.2 Å². The summed E-state index contributed by atoms with van der Waals surface area (Å²) in [6, 6.07) is 13.0. The number of rotatable bonds is 3. The van der Waals surface area contributed by atoms with Crippen LogP contribution in [0.4, 0.5) is 0 Å². The average molecular weight is 366 g/mol. The van der Waals surface area contributed by atoms with Gasteiger partial charge >= 0.3 is 0 Å². The van der Waals surface area contributed by atoms with E-state index in [2.05, 4.69) is 5.43 Å². The molecule has 5 heteroatoms. The summed E-state index contributed by atoms with van der Waals surface area (Å²) < 4.78 is 0. The van der Waals surface area contributed by atoms with E-state index in [-0.39, 0.29) is 28.9 Å². The molecule has 0 saturated heterocycles. The fourth-order valence-corrected chi connectivity index (χ4v) is 5.52. The lowest BCUT2D eigenvalue weighted by atomic mass is 9.52. The third-order valence-corrected chi connectivity index (χ3v) is 6.62. The van der Waals surface area contributed by atoms with Crippen molar-refractivity contribution in [2.45, 2.75) is 43.9 Å².